The normalized spacial score (nSPS) is 11.4. The molecule has 1 heterocycles. The van der Waals surface area contributed by atoms with E-state index in [1.807, 2.05) is 38.9 Å². The second-order valence-electron chi connectivity index (χ2n) is 5.66. The van der Waals surface area contributed by atoms with Crippen LogP contribution in [0.3, 0.4) is 0 Å². The molecule has 0 saturated heterocycles. The van der Waals surface area contributed by atoms with E-state index in [2.05, 4.69) is 21.2 Å². The van der Waals surface area contributed by atoms with Crippen molar-refractivity contribution in [3.63, 3.8) is 0 Å². The first kappa shape index (κ1) is 16.8. The van der Waals surface area contributed by atoms with Crippen molar-refractivity contribution in [2.75, 3.05) is 27.2 Å². The van der Waals surface area contributed by atoms with Crippen LogP contribution < -0.4 is 10.1 Å². The summed E-state index contributed by atoms with van der Waals surface area (Å²) in [4.78, 5) is 14.3. The maximum Gasteiger partial charge on any atom is 0.251 e. The number of hydrogen-bond donors (Lipinski definition) is 1. The van der Waals surface area contributed by atoms with Crippen molar-refractivity contribution in [2.45, 2.75) is 20.0 Å². The van der Waals surface area contributed by atoms with Crippen LogP contribution in [0.15, 0.2) is 27.3 Å². The smallest absolute Gasteiger partial charge is 0.251 e. The third kappa shape index (κ3) is 4.24. The van der Waals surface area contributed by atoms with Crippen molar-refractivity contribution in [1.29, 1.82) is 0 Å². The molecule has 2 rings (SSSR count). The Morgan fingerprint density at radius 3 is 2.73 bits per heavy atom. The molecule has 0 saturated carbocycles. The standard InChI is InChI=1S/C16H21BrN2O3/c1-10(2)21-13-7-11(16(20)18-5-6-19(3)4)8-14-12(13)9-15(17)22-14/h7-10H,5-6H2,1-4H3,(H,18,20). The van der Waals surface area contributed by atoms with Crippen molar-refractivity contribution in [2.24, 2.45) is 0 Å². The Hall–Kier alpha value is -1.53. The summed E-state index contributed by atoms with van der Waals surface area (Å²) in [6.45, 7) is 5.28. The van der Waals surface area contributed by atoms with Gasteiger partial charge in [-0.15, -0.1) is 0 Å². The van der Waals surface area contributed by atoms with Gasteiger partial charge in [-0.3, -0.25) is 4.79 Å². The number of carbonyl (C=O) groups is 1. The summed E-state index contributed by atoms with van der Waals surface area (Å²) < 4.78 is 12.0. The van der Waals surface area contributed by atoms with E-state index >= 15 is 0 Å². The number of nitrogens with one attached hydrogen (secondary N) is 1. The van der Waals surface area contributed by atoms with Gasteiger partial charge >= 0.3 is 0 Å². The average molecular weight is 369 g/mol. The zero-order valence-electron chi connectivity index (χ0n) is 13.3. The lowest BCUT2D eigenvalue weighted by molar-refractivity contribution is 0.0950. The predicted molar refractivity (Wildman–Crippen MR) is 90.6 cm³/mol. The van der Waals surface area contributed by atoms with Crippen LogP contribution in [0.5, 0.6) is 5.75 Å². The summed E-state index contributed by atoms with van der Waals surface area (Å²) in [5.74, 6) is 0.518. The maximum atomic E-state index is 12.3. The molecule has 2 aromatic rings. The monoisotopic (exact) mass is 368 g/mol. The lowest BCUT2D eigenvalue weighted by Crippen LogP contribution is -2.31. The molecule has 0 spiro atoms. The van der Waals surface area contributed by atoms with Crippen LogP contribution >= 0.6 is 15.9 Å². The molecule has 120 valence electrons. The Labute approximate surface area is 138 Å². The van der Waals surface area contributed by atoms with Gasteiger partial charge in [0.05, 0.1) is 11.5 Å². The molecule has 0 bridgehead atoms. The van der Waals surface area contributed by atoms with E-state index in [-0.39, 0.29) is 12.0 Å². The van der Waals surface area contributed by atoms with E-state index < -0.39 is 0 Å². The van der Waals surface area contributed by atoms with Gasteiger partial charge in [-0.05, 0) is 56.0 Å². The number of amides is 1. The summed E-state index contributed by atoms with van der Waals surface area (Å²) in [6.07, 6.45) is 0.0175. The highest BCUT2D eigenvalue weighted by atomic mass is 79.9. The second kappa shape index (κ2) is 7.15. The number of furan rings is 1. The lowest BCUT2D eigenvalue weighted by Gasteiger charge is -2.13. The number of fused-ring (bicyclic) bond motifs is 1. The first-order chi connectivity index (χ1) is 10.4. The minimum atomic E-state index is -0.134. The van der Waals surface area contributed by atoms with Crippen LogP contribution in [0, 0.1) is 0 Å². The minimum absolute atomic E-state index is 0.0175. The van der Waals surface area contributed by atoms with Crippen molar-refractivity contribution < 1.29 is 13.9 Å². The van der Waals surface area contributed by atoms with Crippen molar-refractivity contribution in [3.8, 4) is 5.75 Å². The Bertz CT molecular complexity index is 665. The number of ether oxygens (including phenoxy) is 1. The van der Waals surface area contributed by atoms with Crippen LogP contribution in [0.2, 0.25) is 0 Å². The van der Waals surface area contributed by atoms with E-state index in [4.69, 9.17) is 9.15 Å². The van der Waals surface area contributed by atoms with Crippen LogP contribution in [0.4, 0.5) is 0 Å². The molecule has 1 aromatic heterocycles. The van der Waals surface area contributed by atoms with Gasteiger partial charge in [0.15, 0.2) is 4.67 Å². The van der Waals surface area contributed by atoms with Gasteiger partial charge in [0.1, 0.15) is 11.3 Å². The van der Waals surface area contributed by atoms with Gasteiger partial charge in [-0.1, -0.05) is 0 Å². The van der Waals surface area contributed by atoms with Crippen LogP contribution in [0.1, 0.15) is 24.2 Å². The fourth-order valence-corrected chi connectivity index (χ4v) is 2.46. The molecule has 1 amide bonds. The highest BCUT2D eigenvalue weighted by Gasteiger charge is 2.15. The number of hydrogen-bond acceptors (Lipinski definition) is 4. The van der Waals surface area contributed by atoms with Crippen LogP contribution in [-0.2, 0) is 0 Å². The molecule has 1 aromatic carbocycles. The fraction of sp³-hybridized carbons (Fsp3) is 0.438. The Balaban J connectivity index is 2.27. The van der Waals surface area contributed by atoms with E-state index in [9.17, 15) is 4.79 Å². The predicted octanol–water partition coefficient (Wildman–Crippen LogP) is 3.27. The molecule has 0 radical (unpaired) electrons. The van der Waals surface area contributed by atoms with Gasteiger partial charge in [0.2, 0.25) is 0 Å². The first-order valence-electron chi connectivity index (χ1n) is 7.19. The summed E-state index contributed by atoms with van der Waals surface area (Å²) in [6, 6.07) is 5.34. The molecule has 0 aliphatic carbocycles. The van der Waals surface area contributed by atoms with E-state index in [0.717, 1.165) is 11.9 Å². The van der Waals surface area contributed by atoms with Gasteiger partial charge in [0.25, 0.3) is 5.91 Å². The van der Waals surface area contributed by atoms with E-state index in [1.165, 1.54) is 0 Å². The topological polar surface area (TPSA) is 54.7 Å². The molecule has 0 aliphatic rings. The molecule has 0 unspecified atom stereocenters. The highest BCUT2D eigenvalue weighted by Crippen LogP contribution is 2.33. The molecular weight excluding hydrogens is 348 g/mol. The lowest BCUT2D eigenvalue weighted by atomic mass is 10.1. The largest absolute Gasteiger partial charge is 0.490 e. The fourth-order valence-electron chi connectivity index (χ4n) is 2.05. The summed E-state index contributed by atoms with van der Waals surface area (Å²) in [5, 5.41) is 3.75. The summed E-state index contributed by atoms with van der Waals surface area (Å²) >= 11 is 3.32. The molecule has 0 atom stereocenters. The quantitative estimate of drug-likeness (QED) is 0.849. The van der Waals surface area contributed by atoms with Crippen molar-refractivity contribution in [3.05, 3.63) is 28.4 Å². The number of benzene rings is 1. The molecule has 1 N–H and O–H groups in total. The van der Waals surface area contributed by atoms with E-state index in [0.29, 0.717) is 28.1 Å². The van der Waals surface area contributed by atoms with Crippen molar-refractivity contribution in [1.82, 2.24) is 10.2 Å². The van der Waals surface area contributed by atoms with Gasteiger partial charge in [-0.2, -0.15) is 0 Å². The summed E-state index contributed by atoms with van der Waals surface area (Å²) in [5.41, 5.74) is 1.16. The molecular formula is C16H21BrN2O3. The Morgan fingerprint density at radius 2 is 2.09 bits per heavy atom. The molecule has 5 nitrogen and oxygen atoms in total. The third-order valence-electron chi connectivity index (χ3n) is 3.04. The number of rotatable bonds is 6. The Kier molecular flexibility index (Phi) is 5.47. The second-order valence-corrected chi connectivity index (χ2v) is 6.44. The molecule has 6 heteroatoms. The van der Waals surface area contributed by atoms with Gasteiger partial charge in [-0.25, -0.2) is 0 Å². The molecule has 0 fully saturated rings. The highest BCUT2D eigenvalue weighted by molar-refractivity contribution is 9.10. The zero-order chi connectivity index (χ0) is 16.3. The van der Waals surface area contributed by atoms with Crippen molar-refractivity contribution >= 4 is 32.8 Å². The van der Waals surface area contributed by atoms with Gasteiger partial charge < -0.3 is 19.4 Å². The maximum absolute atomic E-state index is 12.3. The minimum Gasteiger partial charge on any atom is -0.490 e. The third-order valence-corrected chi connectivity index (χ3v) is 3.43. The SMILES string of the molecule is CC(C)Oc1cc(C(=O)NCCN(C)C)cc2oc(Br)cc12. The Morgan fingerprint density at radius 1 is 1.36 bits per heavy atom. The number of nitrogens with zero attached hydrogens (tertiary/aromatic N) is 1. The number of likely N-dealkylation sites (N-methyl/N-ethyl adjacent to an activating group) is 1. The average Bonchev–Trinajstić information content (AvgIpc) is 2.78. The molecule has 22 heavy (non-hydrogen) atoms. The first-order valence-corrected chi connectivity index (χ1v) is 7.99. The molecule has 0 aliphatic heterocycles. The van der Waals surface area contributed by atoms with Gasteiger partial charge in [0, 0.05) is 24.7 Å². The van der Waals surface area contributed by atoms with E-state index in [1.54, 1.807) is 12.1 Å². The van der Waals surface area contributed by atoms with Crippen LogP contribution in [0.25, 0.3) is 11.0 Å². The van der Waals surface area contributed by atoms with Crippen LogP contribution in [-0.4, -0.2) is 44.1 Å². The number of carbonyl (C=O) groups excluding carboxylic acids is 1. The summed E-state index contributed by atoms with van der Waals surface area (Å²) in [7, 11) is 3.93. The number of halogens is 1. The zero-order valence-corrected chi connectivity index (χ0v) is 14.9.